The maximum Gasteiger partial charge on any atom is 0.154 e. The molecule has 1 unspecified atom stereocenters. The summed E-state index contributed by atoms with van der Waals surface area (Å²) in [5, 5.41) is 4.02. The van der Waals surface area contributed by atoms with E-state index >= 15 is 0 Å². The first-order valence-electron chi connectivity index (χ1n) is 5.20. The molecule has 0 fully saturated rings. The zero-order chi connectivity index (χ0) is 12.4. The molecule has 0 radical (unpaired) electrons. The van der Waals surface area contributed by atoms with E-state index in [1.165, 1.54) is 0 Å². The summed E-state index contributed by atoms with van der Waals surface area (Å²) in [6.45, 7) is 3.92. The lowest BCUT2D eigenvalue weighted by atomic mass is 10.2. The maximum absolute atomic E-state index is 6.05. The van der Waals surface area contributed by atoms with Gasteiger partial charge in [0.25, 0.3) is 0 Å². The van der Waals surface area contributed by atoms with E-state index in [-0.39, 0.29) is 6.04 Å². The van der Waals surface area contributed by atoms with Crippen LogP contribution in [-0.4, -0.2) is 4.98 Å². The number of pyridine rings is 1. The van der Waals surface area contributed by atoms with Crippen LogP contribution in [0.3, 0.4) is 0 Å². The minimum absolute atomic E-state index is 0.0178. The first kappa shape index (κ1) is 12.3. The lowest BCUT2D eigenvalue weighted by Gasteiger charge is -2.16. The second kappa shape index (κ2) is 4.98. The van der Waals surface area contributed by atoms with Crippen molar-refractivity contribution < 1.29 is 4.42 Å². The van der Waals surface area contributed by atoms with E-state index in [0.29, 0.717) is 10.3 Å². The second-order valence-electron chi connectivity index (χ2n) is 3.81. The predicted octanol–water partition coefficient (Wildman–Crippen LogP) is 4.46. The minimum atomic E-state index is 0.0178. The SMILES string of the molecule is Cc1cc(Cl)nc(Cl)c1NC(C)c1ccco1. The van der Waals surface area contributed by atoms with Gasteiger partial charge in [0.05, 0.1) is 18.0 Å². The molecule has 90 valence electrons. The zero-order valence-corrected chi connectivity index (χ0v) is 11.0. The van der Waals surface area contributed by atoms with E-state index in [9.17, 15) is 0 Å². The number of hydrogen-bond acceptors (Lipinski definition) is 3. The summed E-state index contributed by atoms with van der Waals surface area (Å²) in [4.78, 5) is 4.01. The molecule has 0 amide bonds. The monoisotopic (exact) mass is 270 g/mol. The Kier molecular flexibility index (Phi) is 3.60. The molecular weight excluding hydrogens is 259 g/mol. The number of aryl methyl sites for hydroxylation is 1. The molecule has 2 rings (SSSR count). The van der Waals surface area contributed by atoms with Gasteiger partial charge in [-0.1, -0.05) is 23.2 Å². The molecule has 0 saturated heterocycles. The van der Waals surface area contributed by atoms with Crippen LogP contribution >= 0.6 is 23.2 Å². The highest BCUT2D eigenvalue weighted by Gasteiger charge is 2.13. The van der Waals surface area contributed by atoms with Crippen LogP contribution in [0.1, 0.15) is 24.3 Å². The van der Waals surface area contributed by atoms with Crippen molar-refractivity contribution in [3.63, 3.8) is 0 Å². The third-order valence-electron chi connectivity index (χ3n) is 2.47. The van der Waals surface area contributed by atoms with Crippen LogP contribution < -0.4 is 5.32 Å². The summed E-state index contributed by atoms with van der Waals surface area (Å²) >= 11 is 11.9. The van der Waals surface area contributed by atoms with Gasteiger partial charge in [0.1, 0.15) is 10.9 Å². The summed E-state index contributed by atoms with van der Waals surface area (Å²) in [6, 6.07) is 5.54. The highest BCUT2D eigenvalue weighted by atomic mass is 35.5. The number of nitrogens with one attached hydrogen (secondary N) is 1. The molecule has 2 heterocycles. The van der Waals surface area contributed by atoms with E-state index in [1.54, 1.807) is 12.3 Å². The molecular formula is C12H12Cl2N2O. The van der Waals surface area contributed by atoms with E-state index in [4.69, 9.17) is 27.6 Å². The Labute approximate surface area is 110 Å². The van der Waals surface area contributed by atoms with Crippen LogP contribution in [0, 0.1) is 6.92 Å². The molecule has 2 aromatic rings. The smallest absolute Gasteiger partial charge is 0.154 e. The Balaban J connectivity index is 2.25. The van der Waals surface area contributed by atoms with Crippen LogP contribution in [0.15, 0.2) is 28.9 Å². The topological polar surface area (TPSA) is 38.1 Å². The molecule has 0 spiro atoms. The van der Waals surface area contributed by atoms with E-state index in [1.807, 2.05) is 26.0 Å². The Morgan fingerprint density at radius 3 is 2.76 bits per heavy atom. The lowest BCUT2D eigenvalue weighted by Crippen LogP contribution is -2.08. The molecule has 0 aliphatic carbocycles. The fourth-order valence-corrected chi connectivity index (χ4v) is 2.18. The summed E-state index contributed by atoms with van der Waals surface area (Å²) < 4.78 is 5.32. The van der Waals surface area contributed by atoms with Gasteiger partial charge in [-0.2, -0.15) is 0 Å². The Morgan fingerprint density at radius 2 is 2.18 bits per heavy atom. The van der Waals surface area contributed by atoms with Crippen molar-refractivity contribution >= 4 is 28.9 Å². The van der Waals surface area contributed by atoms with Gasteiger partial charge in [-0.3, -0.25) is 0 Å². The molecule has 17 heavy (non-hydrogen) atoms. The highest BCUT2D eigenvalue weighted by molar-refractivity contribution is 6.34. The summed E-state index contributed by atoms with van der Waals surface area (Å²) in [5.74, 6) is 0.843. The van der Waals surface area contributed by atoms with Crippen molar-refractivity contribution in [1.82, 2.24) is 4.98 Å². The molecule has 0 bridgehead atoms. The van der Waals surface area contributed by atoms with Gasteiger partial charge >= 0.3 is 0 Å². The highest BCUT2D eigenvalue weighted by Crippen LogP contribution is 2.29. The van der Waals surface area contributed by atoms with Gasteiger partial charge < -0.3 is 9.73 Å². The van der Waals surface area contributed by atoms with Crippen LogP contribution in [0.5, 0.6) is 0 Å². The van der Waals surface area contributed by atoms with Gasteiger partial charge in [-0.05, 0) is 37.6 Å². The number of anilines is 1. The van der Waals surface area contributed by atoms with Gasteiger partial charge in [0.15, 0.2) is 5.15 Å². The molecule has 3 nitrogen and oxygen atoms in total. The third-order valence-corrected chi connectivity index (χ3v) is 2.94. The normalized spacial score (nSPS) is 12.5. The number of rotatable bonds is 3. The first-order valence-corrected chi connectivity index (χ1v) is 5.96. The minimum Gasteiger partial charge on any atom is -0.467 e. The quantitative estimate of drug-likeness (QED) is 0.837. The Hall–Kier alpha value is -1.19. The van der Waals surface area contributed by atoms with Crippen molar-refractivity contribution in [3.8, 4) is 0 Å². The summed E-state index contributed by atoms with van der Waals surface area (Å²) in [7, 11) is 0. The lowest BCUT2D eigenvalue weighted by molar-refractivity contribution is 0.490. The van der Waals surface area contributed by atoms with Gasteiger partial charge in [-0.15, -0.1) is 0 Å². The van der Waals surface area contributed by atoms with E-state index < -0.39 is 0 Å². The largest absolute Gasteiger partial charge is 0.467 e. The number of hydrogen-bond donors (Lipinski definition) is 1. The second-order valence-corrected chi connectivity index (χ2v) is 4.55. The molecule has 1 N–H and O–H groups in total. The Morgan fingerprint density at radius 1 is 1.41 bits per heavy atom. The van der Waals surface area contributed by atoms with E-state index in [2.05, 4.69) is 10.3 Å². The predicted molar refractivity (Wildman–Crippen MR) is 69.7 cm³/mol. The van der Waals surface area contributed by atoms with Gasteiger partial charge in [-0.25, -0.2) is 4.98 Å². The molecule has 5 heteroatoms. The number of nitrogens with zero attached hydrogens (tertiary/aromatic N) is 1. The van der Waals surface area contributed by atoms with Crippen molar-refractivity contribution in [2.24, 2.45) is 0 Å². The van der Waals surface area contributed by atoms with Crippen molar-refractivity contribution in [3.05, 3.63) is 46.1 Å². The average molecular weight is 271 g/mol. The fraction of sp³-hybridized carbons (Fsp3) is 0.250. The molecule has 0 aliphatic rings. The Bertz CT molecular complexity index is 488. The molecule has 0 aliphatic heterocycles. The maximum atomic E-state index is 6.05. The summed E-state index contributed by atoms with van der Waals surface area (Å²) in [6.07, 6.45) is 1.64. The van der Waals surface area contributed by atoms with Crippen LogP contribution in [0.4, 0.5) is 5.69 Å². The van der Waals surface area contributed by atoms with E-state index in [0.717, 1.165) is 17.0 Å². The van der Waals surface area contributed by atoms with Crippen molar-refractivity contribution in [2.75, 3.05) is 5.32 Å². The zero-order valence-electron chi connectivity index (χ0n) is 9.50. The standard InChI is InChI=1S/C12H12Cl2N2O/c1-7-6-10(13)16-12(14)11(7)15-8(2)9-4-3-5-17-9/h3-6,8,15H,1-2H3. The van der Waals surface area contributed by atoms with Gasteiger partial charge in [0, 0.05) is 0 Å². The molecule has 0 saturated carbocycles. The number of halogens is 2. The third kappa shape index (κ3) is 2.73. The van der Waals surface area contributed by atoms with Crippen molar-refractivity contribution in [2.45, 2.75) is 19.9 Å². The van der Waals surface area contributed by atoms with Gasteiger partial charge in [0.2, 0.25) is 0 Å². The first-order chi connectivity index (χ1) is 8.08. The van der Waals surface area contributed by atoms with Crippen LogP contribution in [-0.2, 0) is 0 Å². The summed E-state index contributed by atoms with van der Waals surface area (Å²) in [5.41, 5.74) is 1.73. The number of aromatic nitrogens is 1. The molecule has 2 aromatic heterocycles. The van der Waals surface area contributed by atoms with Crippen molar-refractivity contribution in [1.29, 1.82) is 0 Å². The molecule has 0 aromatic carbocycles. The van der Waals surface area contributed by atoms with Crippen LogP contribution in [0.2, 0.25) is 10.3 Å². The average Bonchev–Trinajstić information content (AvgIpc) is 2.76. The van der Waals surface area contributed by atoms with Crippen LogP contribution in [0.25, 0.3) is 0 Å². The molecule has 1 atom stereocenters. The fourth-order valence-electron chi connectivity index (χ4n) is 1.59. The number of furan rings is 1.